The van der Waals surface area contributed by atoms with Crippen molar-refractivity contribution in [3.63, 3.8) is 0 Å². The van der Waals surface area contributed by atoms with Crippen LogP contribution in [0, 0.1) is 0 Å². The Balaban J connectivity index is 1.50. The molecule has 0 fully saturated rings. The Morgan fingerprint density at radius 1 is 0.900 bits per heavy atom. The Labute approximate surface area is 175 Å². The molecule has 3 N–H and O–H groups in total. The van der Waals surface area contributed by atoms with Crippen molar-refractivity contribution in [2.75, 3.05) is 12.4 Å². The SMILES string of the molecule is COc1ccc(COC(=O)c2ccc(NC(=O)C(N)Cc3ccccc3)cc2)cc1. The molecule has 1 amide bonds. The number of rotatable bonds is 8. The van der Waals surface area contributed by atoms with Crippen molar-refractivity contribution in [3.05, 3.63) is 95.6 Å². The number of nitrogens with one attached hydrogen (secondary N) is 1. The summed E-state index contributed by atoms with van der Waals surface area (Å²) in [5, 5.41) is 2.77. The van der Waals surface area contributed by atoms with E-state index in [4.69, 9.17) is 15.2 Å². The van der Waals surface area contributed by atoms with Crippen LogP contribution in [0.25, 0.3) is 0 Å². The minimum atomic E-state index is -0.665. The molecule has 3 aromatic rings. The van der Waals surface area contributed by atoms with Gasteiger partial charge in [0.1, 0.15) is 12.4 Å². The number of benzene rings is 3. The zero-order chi connectivity index (χ0) is 21.3. The van der Waals surface area contributed by atoms with E-state index in [0.717, 1.165) is 16.9 Å². The van der Waals surface area contributed by atoms with Crippen molar-refractivity contribution in [2.45, 2.75) is 19.1 Å². The van der Waals surface area contributed by atoms with Gasteiger partial charge in [-0.25, -0.2) is 4.79 Å². The van der Waals surface area contributed by atoms with Gasteiger partial charge in [0.05, 0.1) is 18.7 Å². The fourth-order valence-corrected chi connectivity index (χ4v) is 2.84. The lowest BCUT2D eigenvalue weighted by Gasteiger charge is -2.13. The second-order valence-corrected chi connectivity index (χ2v) is 6.79. The van der Waals surface area contributed by atoms with E-state index >= 15 is 0 Å². The van der Waals surface area contributed by atoms with E-state index in [0.29, 0.717) is 17.7 Å². The maximum absolute atomic E-state index is 12.3. The molecule has 0 saturated carbocycles. The van der Waals surface area contributed by atoms with Crippen LogP contribution in [0.5, 0.6) is 5.75 Å². The highest BCUT2D eigenvalue weighted by Crippen LogP contribution is 2.15. The maximum Gasteiger partial charge on any atom is 0.338 e. The van der Waals surface area contributed by atoms with E-state index in [1.54, 1.807) is 31.4 Å². The van der Waals surface area contributed by atoms with E-state index in [1.807, 2.05) is 54.6 Å². The highest BCUT2D eigenvalue weighted by molar-refractivity contribution is 5.95. The second-order valence-electron chi connectivity index (χ2n) is 6.79. The largest absolute Gasteiger partial charge is 0.497 e. The van der Waals surface area contributed by atoms with Crippen molar-refractivity contribution in [1.29, 1.82) is 0 Å². The highest BCUT2D eigenvalue weighted by Gasteiger charge is 2.15. The van der Waals surface area contributed by atoms with Gasteiger partial charge in [0.15, 0.2) is 0 Å². The summed E-state index contributed by atoms with van der Waals surface area (Å²) in [7, 11) is 1.60. The van der Waals surface area contributed by atoms with Crippen molar-refractivity contribution in [2.24, 2.45) is 5.73 Å². The van der Waals surface area contributed by atoms with Crippen LogP contribution in [-0.2, 0) is 22.6 Å². The zero-order valence-corrected chi connectivity index (χ0v) is 16.7. The third-order valence-corrected chi connectivity index (χ3v) is 4.55. The molecule has 6 heteroatoms. The number of esters is 1. The molecule has 0 bridgehead atoms. The number of ether oxygens (including phenoxy) is 2. The Morgan fingerprint density at radius 3 is 2.20 bits per heavy atom. The molecule has 3 aromatic carbocycles. The molecule has 154 valence electrons. The molecule has 0 aliphatic heterocycles. The van der Waals surface area contributed by atoms with E-state index in [2.05, 4.69) is 5.32 Å². The van der Waals surface area contributed by atoms with Crippen LogP contribution < -0.4 is 15.8 Å². The Bertz CT molecular complexity index is 970. The molecule has 1 atom stereocenters. The number of carbonyl (C=O) groups is 2. The molecule has 0 aliphatic carbocycles. The first kappa shape index (κ1) is 21.1. The summed E-state index contributed by atoms with van der Waals surface area (Å²) in [6.45, 7) is 0.162. The third-order valence-electron chi connectivity index (χ3n) is 4.55. The van der Waals surface area contributed by atoms with Crippen molar-refractivity contribution < 1.29 is 19.1 Å². The van der Waals surface area contributed by atoms with Crippen molar-refractivity contribution in [1.82, 2.24) is 0 Å². The molecule has 6 nitrogen and oxygen atoms in total. The van der Waals surface area contributed by atoms with Gasteiger partial charge in [0.25, 0.3) is 0 Å². The number of anilines is 1. The number of hydrogen-bond acceptors (Lipinski definition) is 5. The van der Waals surface area contributed by atoms with Gasteiger partial charge in [-0.1, -0.05) is 42.5 Å². The normalized spacial score (nSPS) is 11.4. The number of amides is 1. The molecule has 0 heterocycles. The summed E-state index contributed by atoms with van der Waals surface area (Å²) in [4.78, 5) is 24.5. The van der Waals surface area contributed by atoms with Crippen LogP contribution >= 0.6 is 0 Å². The fourth-order valence-electron chi connectivity index (χ4n) is 2.84. The molecule has 0 aromatic heterocycles. The number of nitrogens with two attached hydrogens (primary N) is 1. The van der Waals surface area contributed by atoms with Gasteiger partial charge in [-0.15, -0.1) is 0 Å². The van der Waals surface area contributed by atoms with Crippen molar-refractivity contribution >= 4 is 17.6 Å². The molecule has 0 saturated heterocycles. The molecule has 1 unspecified atom stereocenters. The molecular weight excluding hydrogens is 380 g/mol. The predicted octanol–water partition coefficient (Wildman–Crippen LogP) is 3.56. The Morgan fingerprint density at radius 2 is 1.57 bits per heavy atom. The lowest BCUT2D eigenvalue weighted by Crippen LogP contribution is -2.37. The number of hydrogen-bond donors (Lipinski definition) is 2. The molecule has 0 spiro atoms. The fraction of sp³-hybridized carbons (Fsp3) is 0.167. The van der Waals surface area contributed by atoms with Gasteiger partial charge in [-0.3, -0.25) is 4.79 Å². The molecule has 0 radical (unpaired) electrons. The lowest BCUT2D eigenvalue weighted by molar-refractivity contribution is -0.117. The summed E-state index contributed by atoms with van der Waals surface area (Å²) < 4.78 is 10.4. The van der Waals surface area contributed by atoms with Gasteiger partial charge in [-0.2, -0.15) is 0 Å². The average Bonchev–Trinajstić information content (AvgIpc) is 2.79. The van der Waals surface area contributed by atoms with E-state index in [1.165, 1.54) is 0 Å². The summed E-state index contributed by atoms with van der Waals surface area (Å²) >= 11 is 0. The Kier molecular flexibility index (Phi) is 7.19. The van der Waals surface area contributed by atoms with Crippen LogP contribution in [0.2, 0.25) is 0 Å². The molecule has 0 aliphatic rings. The number of carbonyl (C=O) groups excluding carboxylic acids is 2. The highest BCUT2D eigenvalue weighted by atomic mass is 16.5. The maximum atomic E-state index is 12.3. The summed E-state index contributed by atoms with van der Waals surface area (Å²) in [5.41, 5.74) is 8.81. The lowest BCUT2D eigenvalue weighted by atomic mass is 10.1. The van der Waals surface area contributed by atoms with Crippen LogP contribution in [0.4, 0.5) is 5.69 Å². The van der Waals surface area contributed by atoms with Gasteiger partial charge < -0.3 is 20.5 Å². The van der Waals surface area contributed by atoms with E-state index < -0.39 is 12.0 Å². The first-order chi connectivity index (χ1) is 14.5. The van der Waals surface area contributed by atoms with Gasteiger partial charge >= 0.3 is 5.97 Å². The first-order valence-corrected chi connectivity index (χ1v) is 9.55. The van der Waals surface area contributed by atoms with Crippen LogP contribution in [0.3, 0.4) is 0 Å². The topological polar surface area (TPSA) is 90.6 Å². The molecule has 3 rings (SSSR count). The standard InChI is InChI=1S/C24H24N2O4/c1-29-21-13-7-18(8-14-21)16-30-24(28)19-9-11-20(12-10-19)26-23(27)22(25)15-17-5-3-2-4-6-17/h2-14,22H,15-16,25H2,1H3,(H,26,27). The molecule has 30 heavy (non-hydrogen) atoms. The van der Waals surface area contributed by atoms with Crippen LogP contribution in [-0.4, -0.2) is 25.0 Å². The third kappa shape index (κ3) is 5.93. The van der Waals surface area contributed by atoms with Crippen molar-refractivity contribution in [3.8, 4) is 5.75 Å². The first-order valence-electron chi connectivity index (χ1n) is 9.55. The average molecular weight is 404 g/mol. The second kappa shape index (κ2) is 10.2. The summed E-state index contributed by atoms with van der Waals surface area (Å²) in [6.07, 6.45) is 0.447. The monoisotopic (exact) mass is 404 g/mol. The van der Waals surface area contributed by atoms with E-state index in [-0.39, 0.29) is 12.5 Å². The predicted molar refractivity (Wildman–Crippen MR) is 115 cm³/mol. The Hall–Kier alpha value is -3.64. The minimum absolute atomic E-state index is 0.162. The quantitative estimate of drug-likeness (QED) is 0.560. The van der Waals surface area contributed by atoms with E-state index in [9.17, 15) is 9.59 Å². The van der Waals surface area contributed by atoms with Gasteiger partial charge in [0.2, 0.25) is 5.91 Å². The van der Waals surface area contributed by atoms with Crippen LogP contribution in [0.15, 0.2) is 78.9 Å². The molecular formula is C24H24N2O4. The summed E-state index contributed by atoms with van der Waals surface area (Å²) in [6, 6.07) is 22.7. The zero-order valence-electron chi connectivity index (χ0n) is 16.7. The van der Waals surface area contributed by atoms with Gasteiger partial charge in [-0.05, 0) is 53.9 Å². The summed E-state index contributed by atoms with van der Waals surface area (Å²) in [5.74, 6) is 0.0179. The van der Waals surface area contributed by atoms with Crippen LogP contribution in [0.1, 0.15) is 21.5 Å². The smallest absolute Gasteiger partial charge is 0.338 e. The minimum Gasteiger partial charge on any atom is -0.497 e. The van der Waals surface area contributed by atoms with Gasteiger partial charge in [0, 0.05) is 5.69 Å². The number of methoxy groups -OCH3 is 1.